The number of ketones is 1. The first-order valence-corrected chi connectivity index (χ1v) is 8.59. The Balaban J connectivity index is 1.80. The van der Waals surface area contributed by atoms with Crippen molar-refractivity contribution in [1.82, 2.24) is 0 Å². The zero-order valence-electron chi connectivity index (χ0n) is 13.1. The normalized spacial score (nSPS) is 10.3. The average Bonchev–Trinajstić information content (AvgIpc) is 2.58. The number of methoxy groups -OCH3 is 1. The highest BCUT2D eigenvalue weighted by molar-refractivity contribution is 9.10. The van der Waals surface area contributed by atoms with Gasteiger partial charge in [0.15, 0.2) is 0 Å². The lowest BCUT2D eigenvalue weighted by Gasteiger charge is -2.06. The zero-order valence-corrected chi connectivity index (χ0v) is 15.5. The molecule has 0 spiro atoms. The Morgan fingerprint density at radius 1 is 1.17 bits per heavy atom. The number of benzene rings is 2. The summed E-state index contributed by atoms with van der Waals surface area (Å²) < 4.78 is 5.76. The fraction of sp³-hybridized carbons (Fsp3) is 0.222. The lowest BCUT2D eigenvalue weighted by atomic mass is 10.1. The molecule has 126 valence electrons. The standard InChI is InChI=1S/C18H17BrClNO3/c1-24-14-8-5-12(6-9-14)3-2-4-17(22)18(23)21-13-7-10-16(20)15(19)11-13/h5-11H,2-4H2,1H3,(H,21,23). The van der Waals surface area contributed by atoms with Gasteiger partial charge in [-0.15, -0.1) is 0 Å². The molecule has 1 N–H and O–H groups in total. The van der Waals surface area contributed by atoms with Gasteiger partial charge in [-0.1, -0.05) is 23.7 Å². The molecule has 4 nitrogen and oxygen atoms in total. The quantitative estimate of drug-likeness (QED) is 0.676. The number of ether oxygens (including phenoxy) is 1. The minimum atomic E-state index is -0.612. The summed E-state index contributed by atoms with van der Waals surface area (Å²) in [4.78, 5) is 23.8. The van der Waals surface area contributed by atoms with Gasteiger partial charge in [-0.2, -0.15) is 0 Å². The lowest BCUT2D eigenvalue weighted by Crippen LogP contribution is -2.22. The van der Waals surface area contributed by atoms with Crippen LogP contribution < -0.4 is 10.1 Å². The van der Waals surface area contributed by atoms with Gasteiger partial charge in [0.2, 0.25) is 5.78 Å². The van der Waals surface area contributed by atoms with Crippen molar-refractivity contribution in [1.29, 1.82) is 0 Å². The van der Waals surface area contributed by atoms with E-state index in [-0.39, 0.29) is 6.42 Å². The van der Waals surface area contributed by atoms with E-state index >= 15 is 0 Å². The molecule has 0 radical (unpaired) electrons. The SMILES string of the molecule is COc1ccc(CCCC(=O)C(=O)Nc2ccc(Cl)c(Br)c2)cc1. The molecule has 2 aromatic rings. The first kappa shape index (κ1) is 18.5. The number of hydrogen-bond acceptors (Lipinski definition) is 3. The molecule has 0 atom stereocenters. The Morgan fingerprint density at radius 3 is 2.50 bits per heavy atom. The van der Waals surface area contributed by atoms with Crippen LogP contribution in [0.1, 0.15) is 18.4 Å². The van der Waals surface area contributed by atoms with Crippen LogP contribution in [0.5, 0.6) is 5.75 Å². The minimum absolute atomic E-state index is 0.201. The smallest absolute Gasteiger partial charge is 0.291 e. The van der Waals surface area contributed by atoms with Crippen LogP contribution in [0.25, 0.3) is 0 Å². The van der Waals surface area contributed by atoms with Crippen LogP contribution in [-0.2, 0) is 16.0 Å². The Kier molecular flexibility index (Phi) is 6.82. The van der Waals surface area contributed by atoms with Crippen LogP contribution in [-0.4, -0.2) is 18.8 Å². The van der Waals surface area contributed by atoms with E-state index in [0.29, 0.717) is 21.6 Å². The van der Waals surface area contributed by atoms with Gasteiger partial charge in [-0.3, -0.25) is 9.59 Å². The van der Waals surface area contributed by atoms with Gasteiger partial charge >= 0.3 is 0 Å². The molecule has 0 bridgehead atoms. The van der Waals surface area contributed by atoms with Crippen molar-refractivity contribution in [2.45, 2.75) is 19.3 Å². The number of carbonyl (C=O) groups excluding carboxylic acids is 2. The number of aryl methyl sites for hydroxylation is 1. The zero-order chi connectivity index (χ0) is 17.5. The van der Waals surface area contributed by atoms with Gasteiger partial charge in [0.05, 0.1) is 12.1 Å². The van der Waals surface area contributed by atoms with Crippen LogP contribution in [0.15, 0.2) is 46.9 Å². The third-order valence-corrected chi connectivity index (χ3v) is 4.67. The molecule has 0 heterocycles. The summed E-state index contributed by atoms with van der Waals surface area (Å²) in [5.41, 5.74) is 1.63. The highest BCUT2D eigenvalue weighted by atomic mass is 79.9. The maximum absolute atomic E-state index is 11.9. The molecule has 0 fully saturated rings. The first-order valence-electron chi connectivity index (χ1n) is 7.42. The predicted octanol–water partition coefficient (Wildman–Crippen LogP) is 4.64. The van der Waals surface area contributed by atoms with Crippen LogP contribution in [0, 0.1) is 0 Å². The number of carbonyl (C=O) groups is 2. The largest absolute Gasteiger partial charge is 0.497 e. The minimum Gasteiger partial charge on any atom is -0.497 e. The third kappa shape index (κ3) is 5.35. The maximum Gasteiger partial charge on any atom is 0.291 e. The highest BCUT2D eigenvalue weighted by Crippen LogP contribution is 2.25. The highest BCUT2D eigenvalue weighted by Gasteiger charge is 2.14. The van der Waals surface area contributed by atoms with Crippen molar-refractivity contribution in [3.05, 3.63) is 57.5 Å². The van der Waals surface area contributed by atoms with Crippen molar-refractivity contribution < 1.29 is 14.3 Å². The number of amides is 1. The molecule has 0 saturated carbocycles. The van der Waals surface area contributed by atoms with E-state index < -0.39 is 11.7 Å². The number of anilines is 1. The van der Waals surface area contributed by atoms with E-state index in [2.05, 4.69) is 21.2 Å². The van der Waals surface area contributed by atoms with Crippen LogP contribution in [0.3, 0.4) is 0 Å². The Morgan fingerprint density at radius 2 is 1.88 bits per heavy atom. The fourth-order valence-electron chi connectivity index (χ4n) is 2.13. The van der Waals surface area contributed by atoms with Gasteiger partial charge in [0.1, 0.15) is 5.75 Å². The number of halogens is 2. The van der Waals surface area contributed by atoms with Crippen molar-refractivity contribution in [2.24, 2.45) is 0 Å². The molecule has 2 aromatic carbocycles. The summed E-state index contributed by atoms with van der Waals surface area (Å²) in [5.74, 6) is -0.253. The van der Waals surface area contributed by atoms with E-state index in [9.17, 15) is 9.59 Å². The number of nitrogens with one attached hydrogen (secondary N) is 1. The summed E-state index contributed by atoms with van der Waals surface area (Å²) in [6, 6.07) is 12.6. The summed E-state index contributed by atoms with van der Waals surface area (Å²) >= 11 is 9.17. The van der Waals surface area contributed by atoms with Crippen molar-refractivity contribution in [3.8, 4) is 5.75 Å². The second kappa shape index (κ2) is 8.85. The van der Waals surface area contributed by atoms with Gasteiger partial charge < -0.3 is 10.1 Å². The Labute approximate surface area is 154 Å². The van der Waals surface area contributed by atoms with Gasteiger partial charge in [0, 0.05) is 16.6 Å². The van der Waals surface area contributed by atoms with Crippen LogP contribution in [0.4, 0.5) is 5.69 Å². The van der Waals surface area contributed by atoms with E-state index in [1.165, 1.54) is 0 Å². The van der Waals surface area contributed by atoms with Gasteiger partial charge in [0.25, 0.3) is 5.91 Å². The molecular weight excluding hydrogens is 394 g/mol. The number of rotatable bonds is 7. The molecule has 6 heteroatoms. The van der Waals surface area contributed by atoms with E-state index in [1.807, 2.05) is 24.3 Å². The van der Waals surface area contributed by atoms with E-state index in [1.54, 1.807) is 25.3 Å². The van der Waals surface area contributed by atoms with Gasteiger partial charge in [-0.05, 0) is 64.7 Å². The Hall–Kier alpha value is -1.85. The molecule has 0 unspecified atom stereocenters. The maximum atomic E-state index is 11.9. The van der Waals surface area contributed by atoms with Crippen molar-refractivity contribution >= 4 is 44.9 Å². The molecule has 1 amide bonds. The lowest BCUT2D eigenvalue weighted by molar-refractivity contribution is -0.134. The monoisotopic (exact) mass is 409 g/mol. The second-order valence-electron chi connectivity index (χ2n) is 5.21. The predicted molar refractivity (Wildman–Crippen MR) is 98.7 cm³/mol. The summed E-state index contributed by atoms with van der Waals surface area (Å²) in [5, 5.41) is 3.12. The molecule has 24 heavy (non-hydrogen) atoms. The molecule has 0 aromatic heterocycles. The van der Waals surface area contributed by atoms with Crippen molar-refractivity contribution in [2.75, 3.05) is 12.4 Å². The van der Waals surface area contributed by atoms with E-state index in [4.69, 9.17) is 16.3 Å². The Bertz CT molecular complexity index is 732. The molecule has 2 rings (SSSR count). The number of Topliss-reactive ketones (excluding diaryl/α,β-unsaturated/α-hetero) is 1. The molecule has 0 aliphatic carbocycles. The van der Waals surface area contributed by atoms with E-state index in [0.717, 1.165) is 17.7 Å². The second-order valence-corrected chi connectivity index (χ2v) is 6.47. The molecule has 0 aliphatic rings. The summed E-state index contributed by atoms with van der Waals surface area (Å²) in [7, 11) is 1.62. The first-order chi connectivity index (χ1) is 11.5. The molecule has 0 aliphatic heterocycles. The fourth-order valence-corrected chi connectivity index (χ4v) is 2.63. The average molecular weight is 411 g/mol. The van der Waals surface area contributed by atoms with Crippen LogP contribution >= 0.6 is 27.5 Å². The summed E-state index contributed by atoms with van der Waals surface area (Å²) in [6.07, 6.45) is 1.55. The number of hydrogen-bond donors (Lipinski definition) is 1. The van der Waals surface area contributed by atoms with Crippen molar-refractivity contribution in [3.63, 3.8) is 0 Å². The summed E-state index contributed by atoms with van der Waals surface area (Å²) in [6.45, 7) is 0. The third-order valence-electron chi connectivity index (χ3n) is 3.46. The topological polar surface area (TPSA) is 55.4 Å². The molecular formula is C18H17BrClNO3. The van der Waals surface area contributed by atoms with Gasteiger partial charge in [-0.25, -0.2) is 0 Å². The molecule has 0 saturated heterocycles. The van der Waals surface area contributed by atoms with Crippen LogP contribution in [0.2, 0.25) is 5.02 Å².